The third-order valence-electron chi connectivity index (χ3n) is 3.22. The molecule has 0 radical (unpaired) electrons. The van der Waals surface area contributed by atoms with Gasteiger partial charge in [-0.25, -0.2) is 0 Å². The molecule has 0 bridgehead atoms. The van der Waals surface area contributed by atoms with Gasteiger partial charge in [0.1, 0.15) is 5.75 Å². The predicted octanol–water partition coefficient (Wildman–Crippen LogP) is 4.81. The minimum atomic E-state index is -0.521. The largest absolute Gasteiger partial charge is 0.481 e. The zero-order valence-electron chi connectivity index (χ0n) is 13.3. The number of halogens is 2. The average molecular weight is 384 g/mol. The van der Waals surface area contributed by atoms with Crippen molar-refractivity contribution >= 4 is 40.9 Å². The number of amides is 1. The molecule has 0 unspecified atom stereocenters. The highest BCUT2D eigenvalue weighted by Gasteiger charge is 2.13. The summed E-state index contributed by atoms with van der Waals surface area (Å²) in [6.07, 6.45) is -0.521. The Morgan fingerprint density at radius 3 is 2.62 bits per heavy atom. The molecule has 0 aliphatic rings. The van der Waals surface area contributed by atoms with Gasteiger partial charge in [0.25, 0.3) is 5.91 Å². The van der Waals surface area contributed by atoms with Crippen LogP contribution in [0, 0.1) is 0 Å². The monoisotopic (exact) mass is 383 g/mol. The molecule has 128 valence electrons. The van der Waals surface area contributed by atoms with Crippen LogP contribution in [0.25, 0.3) is 0 Å². The van der Waals surface area contributed by atoms with Crippen molar-refractivity contribution in [2.24, 2.45) is 0 Å². The SMILES string of the molecule is C[C@H](Oc1ccccc1)C(=O)NCCSCc1ccc(Cl)c(Cl)c1. The Morgan fingerprint density at radius 1 is 1.17 bits per heavy atom. The maximum atomic E-state index is 12.0. The zero-order chi connectivity index (χ0) is 17.4. The Kier molecular flexibility index (Phi) is 7.76. The topological polar surface area (TPSA) is 38.3 Å². The molecule has 0 fully saturated rings. The van der Waals surface area contributed by atoms with Gasteiger partial charge in [-0.15, -0.1) is 0 Å². The van der Waals surface area contributed by atoms with Gasteiger partial charge in [0.15, 0.2) is 6.10 Å². The van der Waals surface area contributed by atoms with E-state index in [2.05, 4.69) is 5.32 Å². The fourth-order valence-corrected chi connectivity index (χ4v) is 3.09. The number of ether oxygens (including phenoxy) is 1. The second kappa shape index (κ2) is 9.82. The smallest absolute Gasteiger partial charge is 0.260 e. The molecule has 0 saturated carbocycles. The van der Waals surface area contributed by atoms with Crippen LogP contribution in [-0.2, 0) is 10.5 Å². The summed E-state index contributed by atoms with van der Waals surface area (Å²) in [7, 11) is 0. The molecule has 0 heterocycles. The number of benzene rings is 2. The molecule has 0 aliphatic carbocycles. The summed E-state index contributed by atoms with van der Waals surface area (Å²) >= 11 is 13.6. The van der Waals surface area contributed by atoms with E-state index in [1.165, 1.54) is 0 Å². The summed E-state index contributed by atoms with van der Waals surface area (Å²) in [5.74, 6) is 2.20. The predicted molar refractivity (Wildman–Crippen MR) is 102 cm³/mol. The summed E-state index contributed by atoms with van der Waals surface area (Å²) in [4.78, 5) is 12.0. The first-order chi connectivity index (χ1) is 11.6. The molecule has 0 spiro atoms. The van der Waals surface area contributed by atoms with Crippen LogP contribution in [0.15, 0.2) is 48.5 Å². The summed E-state index contributed by atoms with van der Waals surface area (Å²) in [6.45, 7) is 2.33. The van der Waals surface area contributed by atoms with Gasteiger partial charge >= 0.3 is 0 Å². The van der Waals surface area contributed by atoms with Crippen molar-refractivity contribution in [2.75, 3.05) is 12.3 Å². The first kappa shape index (κ1) is 19.0. The number of carbonyl (C=O) groups excluding carboxylic acids is 1. The fraction of sp³-hybridized carbons (Fsp3) is 0.278. The zero-order valence-corrected chi connectivity index (χ0v) is 15.6. The quantitative estimate of drug-likeness (QED) is 0.664. The van der Waals surface area contributed by atoms with Crippen molar-refractivity contribution < 1.29 is 9.53 Å². The molecular formula is C18H19Cl2NO2S. The van der Waals surface area contributed by atoms with Crippen LogP contribution in [0.5, 0.6) is 5.75 Å². The summed E-state index contributed by atoms with van der Waals surface area (Å²) < 4.78 is 5.58. The Labute approximate surface area is 156 Å². The van der Waals surface area contributed by atoms with Gasteiger partial charge in [0.05, 0.1) is 10.0 Å². The maximum Gasteiger partial charge on any atom is 0.260 e. The van der Waals surface area contributed by atoms with E-state index in [0.717, 1.165) is 17.1 Å². The van der Waals surface area contributed by atoms with Crippen LogP contribution in [0.1, 0.15) is 12.5 Å². The molecule has 2 aromatic rings. The molecule has 1 N–H and O–H groups in total. The summed E-state index contributed by atoms with van der Waals surface area (Å²) in [5.41, 5.74) is 1.11. The lowest BCUT2D eigenvalue weighted by Crippen LogP contribution is -2.37. The van der Waals surface area contributed by atoms with Crippen LogP contribution in [0.4, 0.5) is 0 Å². The van der Waals surface area contributed by atoms with Crippen LogP contribution < -0.4 is 10.1 Å². The lowest BCUT2D eigenvalue weighted by Gasteiger charge is -2.14. The maximum absolute atomic E-state index is 12.0. The third kappa shape index (κ3) is 6.27. The van der Waals surface area contributed by atoms with Crippen molar-refractivity contribution in [2.45, 2.75) is 18.8 Å². The number of rotatable bonds is 8. The van der Waals surface area contributed by atoms with Crippen molar-refractivity contribution in [3.8, 4) is 5.75 Å². The Hall–Kier alpha value is -1.36. The lowest BCUT2D eigenvalue weighted by molar-refractivity contribution is -0.127. The van der Waals surface area contributed by atoms with E-state index in [1.54, 1.807) is 24.8 Å². The molecule has 24 heavy (non-hydrogen) atoms. The number of para-hydroxylation sites is 1. The van der Waals surface area contributed by atoms with Gasteiger partial charge in [-0.3, -0.25) is 4.79 Å². The van der Waals surface area contributed by atoms with Crippen molar-refractivity contribution in [1.82, 2.24) is 5.32 Å². The van der Waals surface area contributed by atoms with E-state index >= 15 is 0 Å². The Morgan fingerprint density at radius 2 is 1.92 bits per heavy atom. The van der Waals surface area contributed by atoms with Crippen LogP contribution in [0.3, 0.4) is 0 Å². The first-order valence-electron chi connectivity index (χ1n) is 7.57. The average Bonchev–Trinajstić information content (AvgIpc) is 2.58. The molecule has 0 aromatic heterocycles. The van der Waals surface area contributed by atoms with Crippen LogP contribution in [-0.4, -0.2) is 24.3 Å². The molecule has 6 heteroatoms. The molecule has 1 atom stereocenters. The molecule has 2 rings (SSSR count). The number of thioether (sulfide) groups is 1. The highest BCUT2D eigenvalue weighted by atomic mass is 35.5. The second-order valence-corrected chi connectivity index (χ2v) is 7.08. The van der Waals surface area contributed by atoms with Gasteiger partial charge in [-0.05, 0) is 36.8 Å². The highest BCUT2D eigenvalue weighted by molar-refractivity contribution is 7.98. The lowest BCUT2D eigenvalue weighted by atomic mass is 10.2. The number of hydrogen-bond acceptors (Lipinski definition) is 3. The fourth-order valence-electron chi connectivity index (χ4n) is 1.97. The van der Waals surface area contributed by atoms with E-state index in [-0.39, 0.29) is 5.91 Å². The second-order valence-electron chi connectivity index (χ2n) is 5.17. The molecule has 0 aliphatic heterocycles. The Balaban J connectivity index is 1.64. The third-order valence-corrected chi connectivity index (χ3v) is 4.99. The van der Waals surface area contributed by atoms with Crippen LogP contribution >= 0.6 is 35.0 Å². The molecule has 0 saturated heterocycles. The number of hydrogen-bond donors (Lipinski definition) is 1. The van der Waals surface area contributed by atoms with Crippen molar-refractivity contribution in [1.29, 1.82) is 0 Å². The highest BCUT2D eigenvalue weighted by Crippen LogP contribution is 2.24. The minimum Gasteiger partial charge on any atom is -0.481 e. The van der Waals surface area contributed by atoms with E-state index in [4.69, 9.17) is 27.9 Å². The molecular weight excluding hydrogens is 365 g/mol. The number of carbonyl (C=O) groups is 1. The molecule has 3 nitrogen and oxygen atoms in total. The van der Waals surface area contributed by atoms with E-state index < -0.39 is 6.10 Å². The van der Waals surface area contributed by atoms with Crippen molar-refractivity contribution in [3.63, 3.8) is 0 Å². The van der Waals surface area contributed by atoms with E-state index in [9.17, 15) is 4.79 Å². The van der Waals surface area contributed by atoms with E-state index in [1.807, 2.05) is 42.5 Å². The summed E-state index contributed by atoms with van der Waals surface area (Å²) in [6, 6.07) is 14.9. The van der Waals surface area contributed by atoms with Gasteiger partial charge in [-0.1, -0.05) is 47.5 Å². The van der Waals surface area contributed by atoms with Gasteiger partial charge < -0.3 is 10.1 Å². The molecule has 2 aromatic carbocycles. The van der Waals surface area contributed by atoms with E-state index in [0.29, 0.717) is 22.3 Å². The standard InChI is InChI=1S/C18H19Cl2NO2S/c1-13(23-15-5-3-2-4-6-15)18(22)21-9-10-24-12-14-7-8-16(19)17(20)11-14/h2-8,11,13H,9-10,12H2,1H3,(H,21,22)/t13-/m0/s1. The Bertz CT molecular complexity index is 667. The first-order valence-corrected chi connectivity index (χ1v) is 9.48. The minimum absolute atomic E-state index is 0.117. The van der Waals surface area contributed by atoms with Crippen molar-refractivity contribution in [3.05, 3.63) is 64.1 Å². The number of nitrogens with one attached hydrogen (secondary N) is 1. The van der Waals surface area contributed by atoms with Gasteiger partial charge in [-0.2, -0.15) is 11.8 Å². The van der Waals surface area contributed by atoms with Crippen LogP contribution in [0.2, 0.25) is 10.0 Å². The van der Waals surface area contributed by atoms with Gasteiger partial charge in [0, 0.05) is 18.1 Å². The van der Waals surface area contributed by atoms with Gasteiger partial charge in [0.2, 0.25) is 0 Å². The summed E-state index contributed by atoms with van der Waals surface area (Å²) in [5, 5.41) is 4.00. The molecule has 1 amide bonds. The normalized spacial score (nSPS) is 11.8.